The predicted octanol–water partition coefficient (Wildman–Crippen LogP) is 3.36. The maximum atomic E-state index is 10.8. The third-order valence-corrected chi connectivity index (χ3v) is 3.25. The highest BCUT2D eigenvalue weighted by atomic mass is 35.5. The molecule has 0 unspecified atom stereocenters. The van der Waals surface area contributed by atoms with Crippen LogP contribution in [-0.4, -0.2) is 21.3 Å². The van der Waals surface area contributed by atoms with Crippen LogP contribution in [0.5, 0.6) is 0 Å². The average molecular weight is 309 g/mol. The maximum absolute atomic E-state index is 10.8. The molecule has 21 heavy (non-hydrogen) atoms. The third-order valence-electron chi connectivity index (χ3n) is 3.01. The van der Waals surface area contributed by atoms with E-state index in [9.17, 15) is 4.79 Å². The predicted molar refractivity (Wildman–Crippen MR) is 78.3 cm³/mol. The summed E-state index contributed by atoms with van der Waals surface area (Å²) in [5.74, 6) is 0.121. The molecule has 0 amide bonds. The van der Waals surface area contributed by atoms with Gasteiger partial charge in [0.2, 0.25) is 11.8 Å². The molecule has 0 aliphatic heterocycles. The van der Waals surface area contributed by atoms with E-state index < -0.39 is 11.4 Å². The molecule has 0 saturated carbocycles. The topological polar surface area (TPSA) is 76.2 Å². The Kier molecular flexibility index (Phi) is 4.63. The summed E-state index contributed by atoms with van der Waals surface area (Å²) in [6, 6.07) is 7.45. The van der Waals surface area contributed by atoms with Gasteiger partial charge in [0.25, 0.3) is 0 Å². The largest absolute Gasteiger partial charge is 0.481 e. The first-order valence-corrected chi connectivity index (χ1v) is 6.99. The van der Waals surface area contributed by atoms with Crippen LogP contribution in [0.3, 0.4) is 0 Å². The van der Waals surface area contributed by atoms with Crippen molar-refractivity contribution in [3.05, 3.63) is 46.6 Å². The summed E-state index contributed by atoms with van der Waals surface area (Å²) in [6.07, 6.45) is 0.994. The molecule has 0 aliphatic rings. The van der Waals surface area contributed by atoms with E-state index in [0.717, 1.165) is 5.56 Å². The van der Waals surface area contributed by atoms with Gasteiger partial charge in [0.15, 0.2) is 0 Å². The highest BCUT2D eigenvalue weighted by Gasteiger charge is 2.25. The normalized spacial score (nSPS) is 11.6. The number of hydrogen-bond acceptors (Lipinski definition) is 4. The van der Waals surface area contributed by atoms with Crippen LogP contribution >= 0.6 is 11.6 Å². The number of aromatic nitrogens is 2. The van der Waals surface area contributed by atoms with Crippen molar-refractivity contribution in [2.24, 2.45) is 5.41 Å². The highest BCUT2D eigenvalue weighted by molar-refractivity contribution is 6.30. The van der Waals surface area contributed by atoms with Gasteiger partial charge in [0, 0.05) is 11.4 Å². The smallest absolute Gasteiger partial charge is 0.303 e. The lowest BCUT2D eigenvalue weighted by Gasteiger charge is -2.19. The Morgan fingerprint density at radius 1 is 1.33 bits per heavy atom. The Morgan fingerprint density at radius 2 is 2.05 bits per heavy atom. The Balaban J connectivity index is 2.03. The van der Waals surface area contributed by atoms with Crippen molar-refractivity contribution in [2.45, 2.75) is 33.1 Å². The molecule has 6 heteroatoms. The van der Waals surface area contributed by atoms with E-state index in [4.69, 9.17) is 21.1 Å². The lowest BCUT2D eigenvalue weighted by Crippen LogP contribution is -2.19. The molecule has 0 aliphatic carbocycles. The zero-order chi connectivity index (χ0) is 15.5. The fourth-order valence-corrected chi connectivity index (χ4v) is 2.35. The van der Waals surface area contributed by atoms with E-state index in [1.165, 1.54) is 0 Å². The quantitative estimate of drug-likeness (QED) is 0.885. The number of hydrogen-bond donors (Lipinski definition) is 1. The molecule has 2 aromatic rings. The van der Waals surface area contributed by atoms with Crippen LogP contribution in [0.2, 0.25) is 5.02 Å². The summed E-state index contributed by atoms with van der Waals surface area (Å²) in [6.45, 7) is 3.73. The van der Waals surface area contributed by atoms with Crippen LogP contribution in [0.25, 0.3) is 0 Å². The molecule has 1 aromatic heterocycles. The first-order chi connectivity index (χ1) is 9.84. The molecular weight excluding hydrogens is 292 g/mol. The fourth-order valence-electron chi connectivity index (χ4n) is 2.13. The van der Waals surface area contributed by atoms with E-state index in [1.54, 1.807) is 6.07 Å². The minimum atomic E-state index is -0.835. The lowest BCUT2D eigenvalue weighted by molar-refractivity contribution is -0.139. The van der Waals surface area contributed by atoms with Gasteiger partial charge < -0.3 is 9.52 Å². The summed E-state index contributed by atoms with van der Waals surface area (Å²) in [7, 11) is 0. The van der Waals surface area contributed by atoms with Crippen molar-refractivity contribution in [3.8, 4) is 0 Å². The number of halogens is 1. The van der Waals surface area contributed by atoms with Gasteiger partial charge in [-0.15, -0.1) is 10.2 Å². The lowest BCUT2D eigenvalue weighted by atomic mass is 9.86. The van der Waals surface area contributed by atoms with E-state index in [-0.39, 0.29) is 6.42 Å². The van der Waals surface area contributed by atoms with Crippen molar-refractivity contribution in [3.63, 3.8) is 0 Å². The number of rotatable bonds is 6. The van der Waals surface area contributed by atoms with Crippen LogP contribution in [0.15, 0.2) is 28.7 Å². The monoisotopic (exact) mass is 308 g/mol. The number of nitrogens with zero attached hydrogens (tertiary/aromatic N) is 2. The zero-order valence-corrected chi connectivity index (χ0v) is 12.7. The summed E-state index contributed by atoms with van der Waals surface area (Å²) < 4.78 is 5.59. The van der Waals surface area contributed by atoms with Crippen LogP contribution < -0.4 is 0 Å². The summed E-state index contributed by atoms with van der Waals surface area (Å²) in [5.41, 5.74) is 0.564. The van der Waals surface area contributed by atoms with E-state index in [2.05, 4.69) is 10.2 Å². The van der Waals surface area contributed by atoms with Crippen molar-refractivity contribution < 1.29 is 14.3 Å². The van der Waals surface area contributed by atoms with Crippen LogP contribution in [0, 0.1) is 5.41 Å². The Hall–Kier alpha value is -1.88. The zero-order valence-electron chi connectivity index (χ0n) is 12.0. The van der Waals surface area contributed by atoms with Crippen LogP contribution in [0.1, 0.15) is 37.6 Å². The molecule has 1 N–H and O–H groups in total. The van der Waals surface area contributed by atoms with Crippen molar-refractivity contribution in [2.75, 3.05) is 0 Å². The number of benzene rings is 1. The van der Waals surface area contributed by atoms with E-state index in [1.807, 2.05) is 32.0 Å². The van der Waals surface area contributed by atoms with Gasteiger partial charge >= 0.3 is 5.97 Å². The maximum Gasteiger partial charge on any atom is 0.303 e. The molecule has 112 valence electrons. The van der Waals surface area contributed by atoms with Crippen molar-refractivity contribution >= 4 is 17.6 Å². The number of carboxylic acid groups (broad SMARTS) is 1. The molecule has 5 nitrogen and oxygen atoms in total. The molecule has 0 radical (unpaired) electrons. The van der Waals surface area contributed by atoms with Gasteiger partial charge in [-0.1, -0.05) is 37.6 Å². The van der Waals surface area contributed by atoms with Gasteiger partial charge in [-0.05, 0) is 23.1 Å². The molecule has 1 aromatic carbocycles. The minimum Gasteiger partial charge on any atom is -0.481 e. The highest BCUT2D eigenvalue weighted by Crippen LogP contribution is 2.25. The summed E-state index contributed by atoms with van der Waals surface area (Å²) in [5, 5.41) is 17.5. The summed E-state index contributed by atoms with van der Waals surface area (Å²) >= 11 is 5.93. The average Bonchev–Trinajstić information content (AvgIpc) is 2.73. The molecule has 0 spiro atoms. The Morgan fingerprint density at radius 3 is 2.71 bits per heavy atom. The number of carboxylic acids is 1. The van der Waals surface area contributed by atoms with E-state index in [0.29, 0.717) is 29.6 Å². The van der Waals surface area contributed by atoms with Gasteiger partial charge in [-0.2, -0.15) is 0 Å². The Bertz CT molecular complexity index is 637. The third kappa shape index (κ3) is 4.86. The molecular formula is C15H17ClN2O3. The molecule has 2 rings (SSSR count). The number of aliphatic carboxylic acids is 1. The van der Waals surface area contributed by atoms with Gasteiger partial charge in [-0.3, -0.25) is 4.79 Å². The van der Waals surface area contributed by atoms with Gasteiger partial charge in [0.05, 0.1) is 12.8 Å². The summed E-state index contributed by atoms with van der Waals surface area (Å²) in [4.78, 5) is 10.8. The molecule has 0 fully saturated rings. The molecule has 0 bridgehead atoms. The molecule has 0 atom stereocenters. The first-order valence-electron chi connectivity index (χ1n) is 6.61. The second kappa shape index (κ2) is 6.26. The SMILES string of the molecule is CC(C)(CC(=O)O)Cc1nnc(Cc2cccc(Cl)c2)o1. The fraction of sp³-hybridized carbons (Fsp3) is 0.400. The van der Waals surface area contributed by atoms with Crippen LogP contribution in [0.4, 0.5) is 0 Å². The van der Waals surface area contributed by atoms with Crippen molar-refractivity contribution in [1.82, 2.24) is 10.2 Å². The molecule has 1 heterocycles. The minimum absolute atomic E-state index is 0.0546. The van der Waals surface area contributed by atoms with E-state index >= 15 is 0 Å². The Labute approximate surface area is 128 Å². The second-order valence-electron chi connectivity index (χ2n) is 5.81. The van der Waals surface area contributed by atoms with Crippen molar-refractivity contribution in [1.29, 1.82) is 0 Å². The molecule has 0 saturated heterocycles. The van der Waals surface area contributed by atoms with Gasteiger partial charge in [-0.25, -0.2) is 0 Å². The van der Waals surface area contributed by atoms with Gasteiger partial charge in [0.1, 0.15) is 0 Å². The second-order valence-corrected chi connectivity index (χ2v) is 6.24. The van der Waals surface area contributed by atoms with Crippen LogP contribution in [-0.2, 0) is 17.6 Å². The number of carbonyl (C=O) groups is 1. The first kappa shape index (κ1) is 15.5. The standard InChI is InChI=1S/C15H17ClN2O3/c1-15(2,9-14(19)20)8-13-18-17-12(21-13)7-10-4-3-5-11(16)6-10/h3-6H,7-9H2,1-2H3,(H,19,20).